The first-order chi connectivity index (χ1) is 9.42. The van der Waals surface area contributed by atoms with E-state index in [2.05, 4.69) is 25.6 Å². The monoisotopic (exact) mass is 352 g/mol. The zero-order valence-electron chi connectivity index (χ0n) is 10.0. The van der Waals surface area contributed by atoms with Gasteiger partial charge in [-0.1, -0.05) is 0 Å². The number of pyridine rings is 1. The van der Waals surface area contributed by atoms with Crippen molar-refractivity contribution in [1.82, 2.24) is 4.98 Å². The van der Waals surface area contributed by atoms with Crippen molar-refractivity contribution >= 4 is 37.3 Å². The highest BCUT2D eigenvalue weighted by Gasteiger charge is 2.15. The van der Waals surface area contributed by atoms with Gasteiger partial charge in [0.25, 0.3) is 10.0 Å². The van der Waals surface area contributed by atoms with E-state index in [1.165, 1.54) is 18.2 Å². The van der Waals surface area contributed by atoms with Gasteiger partial charge >= 0.3 is 0 Å². The van der Waals surface area contributed by atoms with Gasteiger partial charge in [-0.05, 0) is 46.3 Å². The van der Waals surface area contributed by atoms with Crippen molar-refractivity contribution in [2.45, 2.75) is 4.90 Å². The van der Waals surface area contributed by atoms with Crippen LogP contribution in [0.2, 0.25) is 0 Å². The maximum Gasteiger partial charge on any atom is 0.263 e. The minimum Gasteiger partial charge on any atom is -0.398 e. The van der Waals surface area contributed by atoms with E-state index in [0.29, 0.717) is 15.8 Å². The summed E-state index contributed by atoms with van der Waals surface area (Å²) in [5, 5.41) is 8.63. The fraction of sp³-hybridized carbons (Fsp3) is 0. The molecule has 0 aliphatic carbocycles. The van der Waals surface area contributed by atoms with Crippen LogP contribution >= 0.6 is 15.9 Å². The molecule has 0 aliphatic rings. The van der Waals surface area contributed by atoms with Crippen molar-refractivity contribution in [1.29, 1.82) is 5.26 Å². The molecule has 2 rings (SSSR count). The summed E-state index contributed by atoms with van der Waals surface area (Å²) in [7, 11) is -3.76. The Bertz CT molecular complexity index is 782. The molecule has 1 heterocycles. The third-order valence-electron chi connectivity index (χ3n) is 2.41. The Morgan fingerprint density at radius 1 is 1.30 bits per heavy atom. The Morgan fingerprint density at radius 3 is 2.60 bits per heavy atom. The van der Waals surface area contributed by atoms with Crippen LogP contribution in [0.5, 0.6) is 0 Å². The van der Waals surface area contributed by atoms with Gasteiger partial charge in [0.05, 0.1) is 5.69 Å². The summed E-state index contributed by atoms with van der Waals surface area (Å²) < 4.78 is 27.3. The Morgan fingerprint density at radius 2 is 2.05 bits per heavy atom. The van der Waals surface area contributed by atoms with E-state index in [9.17, 15) is 8.42 Å². The topological polar surface area (TPSA) is 109 Å². The summed E-state index contributed by atoms with van der Waals surface area (Å²) in [4.78, 5) is 3.69. The number of benzene rings is 1. The number of nitrogens with one attached hydrogen (secondary N) is 1. The van der Waals surface area contributed by atoms with Crippen molar-refractivity contribution in [2.24, 2.45) is 0 Å². The lowest BCUT2D eigenvalue weighted by atomic mass is 10.3. The van der Waals surface area contributed by atoms with Crippen molar-refractivity contribution in [3.05, 3.63) is 46.7 Å². The Kier molecular flexibility index (Phi) is 3.92. The molecule has 8 heteroatoms. The van der Waals surface area contributed by atoms with Gasteiger partial charge in [0, 0.05) is 16.4 Å². The predicted octanol–water partition coefficient (Wildman–Crippen LogP) is 2.10. The molecule has 0 unspecified atom stereocenters. The molecule has 0 atom stereocenters. The maximum atomic E-state index is 12.1. The molecule has 2 aromatic rings. The molecular weight excluding hydrogens is 344 g/mol. The summed E-state index contributed by atoms with van der Waals surface area (Å²) in [6.07, 6.45) is 1.13. The lowest BCUT2D eigenvalue weighted by Gasteiger charge is -2.09. The Hall–Kier alpha value is -2.11. The molecule has 3 N–H and O–H groups in total. The fourth-order valence-electron chi connectivity index (χ4n) is 1.43. The summed E-state index contributed by atoms with van der Waals surface area (Å²) in [6, 6.07) is 9.19. The summed E-state index contributed by atoms with van der Waals surface area (Å²) in [5.74, 6) is 0. The van der Waals surface area contributed by atoms with Gasteiger partial charge in [-0.15, -0.1) is 0 Å². The molecule has 0 fully saturated rings. The zero-order chi connectivity index (χ0) is 14.8. The number of nitrogen functional groups attached to an aromatic ring is 1. The Labute approximate surface area is 124 Å². The molecule has 0 spiro atoms. The number of aromatic nitrogens is 1. The number of anilines is 2. The average Bonchev–Trinajstić information content (AvgIpc) is 2.43. The van der Waals surface area contributed by atoms with Crippen LogP contribution < -0.4 is 10.5 Å². The highest BCUT2D eigenvalue weighted by molar-refractivity contribution is 9.10. The second-order valence-electron chi connectivity index (χ2n) is 3.83. The highest BCUT2D eigenvalue weighted by atomic mass is 79.9. The molecule has 0 radical (unpaired) electrons. The number of nitrogens with two attached hydrogens (primary N) is 1. The Balaban J connectivity index is 2.30. The molecule has 1 aromatic carbocycles. The number of rotatable bonds is 3. The van der Waals surface area contributed by atoms with E-state index in [1.807, 2.05) is 6.07 Å². The number of halogens is 1. The molecule has 0 saturated heterocycles. The third-order valence-corrected chi connectivity index (χ3v) is 4.50. The molecule has 1 aromatic heterocycles. The molecule has 0 aliphatic heterocycles. The number of hydrogen-bond donors (Lipinski definition) is 2. The van der Waals surface area contributed by atoms with E-state index < -0.39 is 10.0 Å². The van der Waals surface area contributed by atoms with Crippen LogP contribution in [0.1, 0.15) is 5.69 Å². The molecular formula is C12H9BrN4O2S. The summed E-state index contributed by atoms with van der Waals surface area (Å²) in [6.45, 7) is 0. The smallest absolute Gasteiger partial charge is 0.263 e. The van der Waals surface area contributed by atoms with Crippen molar-refractivity contribution in [2.75, 3.05) is 10.5 Å². The maximum absolute atomic E-state index is 12.1. The largest absolute Gasteiger partial charge is 0.398 e. The van der Waals surface area contributed by atoms with Gasteiger partial charge in [-0.3, -0.25) is 4.72 Å². The van der Waals surface area contributed by atoms with Gasteiger partial charge in [-0.25, -0.2) is 13.4 Å². The third kappa shape index (κ3) is 3.07. The van der Waals surface area contributed by atoms with Crippen LogP contribution in [-0.4, -0.2) is 13.4 Å². The van der Waals surface area contributed by atoms with E-state index in [0.717, 1.165) is 6.20 Å². The van der Waals surface area contributed by atoms with E-state index >= 15 is 0 Å². The molecule has 0 amide bonds. The van der Waals surface area contributed by atoms with Crippen LogP contribution in [0.4, 0.5) is 11.4 Å². The van der Waals surface area contributed by atoms with E-state index in [1.54, 1.807) is 12.1 Å². The standard InChI is InChI=1S/C12H9BrN4O2S/c13-11-4-2-8(5-12(11)15)17-20(18,19)10-3-1-9(6-14)16-7-10/h1-5,7,17H,15H2. The van der Waals surface area contributed by atoms with Gasteiger partial charge in [-0.2, -0.15) is 5.26 Å². The van der Waals surface area contributed by atoms with Crippen LogP contribution in [-0.2, 0) is 10.0 Å². The van der Waals surface area contributed by atoms with Gasteiger partial charge < -0.3 is 5.73 Å². The zero-order valence-corrected chi connectivity index (χ0v) is 12.4. The lowest BCUT2D eigenvalue weighted by molar-refractivity contribution is 0.601. The normalized spacial score (nSPS) is 10.8. The van der Waals surface area contributed by atoms with Gasteiger partial charge in [0.15, 0.2) is 0 Å². The fourth-order valence-corrected chi connectivity index (χ4v) is 2.67. The van der Waals surface area contributed by atoms with Crippen LogP contribution in [0.15, 0.2) is 45.9 Å². The molecule has 0 saturated carbocycles. The van der Waals surface area contributed by atoms with Crippen LogP contribution in [0, 0.1) is 11.3 Å². The van der Waals surface area contributed by atoms with Crippen molar-refractivity contribution in [3.63, 3.8) is 0 Å². The lowest BCUT2D eigenvalue weighted by Crippen LogP contribution is -2.13. The number of sulfonamides is 1. The van der Waals surface area contributed by atoms with E-state index in [-0.39, 0.29) is 10.6 Å². The van der Waals surface area contributed by atoms with Crippen LogP contribution in [0.25, 0.3) is 0 Å². The molecule has 20 heavy (non-hydrogen) atoms. The first kappa shape index (κ1) is 14.3. The van der Waals surface area contributed by atoms with E-state index in [4.69, 9.17) is 11.0 Å². The molecule has 102 valence electrons. The SMILES string of the molecule is N#Cc1ccc(S(=O)(=O)Nc2ccc(Br)c(N)c2)cn1. The number of hydrogen-bond acceptors (Lipinski definition) is 5. The van der Waals surface area contributed by atoms with Crippen molar-refractivity contribution in [3.8, 4) is 6.07 Å². The number of nitriles is 1. The minimum absolute atomic E-state index is 0.0296. The highest BCUT2D eigenvalue weighted by Crippen LogP contribution is 2.24. The van der Waals surface area contributed by atoms with Gasteiger partial charge in [0.2, 0.25) is 0 Å². The van der Waals surface area contributed by atoms with Crippen LogP contribution in [0.3, 0.4) is 0 Å². The second kappa shape index (κ2) is 5.48. The quantitative estimate of drug-likeness (QED) is 0.822. The summed E-state index contributed by atoms with van der Waals surface area (Å²) >= 11 is 3.23. The molecule has 6 nitrogen and oxygen atoms in total. The van der Waals surface area contributed by atoms with Crippen molar-refractivity contribution < 1.29 is 8.42 Å². The molecule has 0 bridgehead atoms. The first-order valence-corrected chi connectivity index (χ1v) is 7.64. The number of nitrogens with zero attached hydrogens (tertiary/aromatic N) is 2. The summed E-state index contributed by atoms with van der Waals surface area (Å²) in [5.41, 5.74) is 6.60. The first-order valence-electron chi connectivity index (χ1n) is 5.36. The second-order valence-corrected chi connectivity index (χ2v) is 6.37. The average molecular weight is 353 g/mol. The minimum atomic E-state index is -3.76. The predicted molar refractivity (Wildman–Crippen MR) is 78.3 cm³/mol. The van der Waals surface area contributed by atoms with Gasteiger partial charge in [0.1, 0.15) is 16.7 Å².